The number of rotatable bonds is 1. The van der Waals surface area contributed by atoms with Crippen LogP contribution in [-0.4, -0.2) is 27.4 Å². The van der Waals surface area contributed by atoms with Gasteiger partial charge in [-0.2, -0.15) is 0 Å². The molecule has 0 aliphatic heterocycles. The highest BCUT2D eigenvalue weighted by atomic mass is 28.3. The highest BCUT2D eigenvalue weighted by molar-refractivity contribution is 6.75. The number of nitrogen functional groups attached to an aromatic ring is 1. The maximum absolute atomic E-state index is 5.70. The third-order valence-electron chi connectivity index (χ3n) is 2.08. The van der Waals surface area contributed by atoms with Gasteiger partial charge in [0.15, 0.2) is 19.7 Å². The first-order valence-electron chi connectivity index (χ1n) is 4.44. The number of anilines is 1. The van der Waals surface area contributed by atoms with Gasteiger partial charge in [0.2, 0.25) is 0 Å². The van der Waals surface area contributed by atoms with Gasteiger partial charge in [0.25, 0.3) is 0 Å². The minimum Gasteiger partial charge on any atom is -0.382 e. The lowest BCUT2D eigenvalue weighted by atomic mass is 10.5. The number of hydrogen-bond acceptors (Lipinski definition) is 4. The van der Waals surface area contributed by atoms with Crippen LogP contribution in [0.4, 0.5) is 5.82 Å². The fraction of sp³-hybridized carbons (Fsp3) is 0.375. The lowest BCUT2D eigenvalue weighted by molar-refractivity contribution is 1.11. The van der Waals surface area contributed by atoms with E-state index < -0.39 is 8.24 Å². The average Bonchev–Trinajstić information content (AvgIpc) is 2.47. The Bertz CT molecular complexity index is 470. The summed E-state index contributed by atoms with van der Waals surface area (Å²) in [6.07, 6.45) is 3.29. The zero-order valence-corrected chi connectivity index (χ0v) is 9.52. The van der Waals surface area contributed by atoms with Crippen LogP contribution in [0.1, 0.15) is 0 Å². The molecule has 5 nitrogen and oxygen atoms in total. The molecular formula is C8H13N5Si. The summed E-state index contributed by atoms with van der Waals surface area (Å²) in [7, 11) is -1.46. The van der Waals surface area contributed by atoms with Crippen LogP contribution in [0, 0.1) is 0 Å². The molecule has 0 atom stereocenters. The van der Waals surface area contributed by atoms with Gasteiger partial charge in [0.05, 0.1) is 6.33 Å². The van der Waals surface area contributed by atoms with Crippen LogP contribution < -0.4 is 5.73 Å². The van der Waals surface area contributed by atoms with E-state index in [2.05, 4.69) is 38.8 Å². The number of hydrogen-bond donors (Lipinski definition) is 1. The Kier molecular flexibility index (Phi) is 1.81. The molecule has 0 spiro atoms. The van der Waals surface area contributed by atoms with Crippen molar-refractivity contribution >= 4 is 25.2 Å². The Morgan fingerprint density at radius 2 is 1.93 bits per heavy atom. The summed E-state index contributed by atoms with van der Waals surface area (Å²) >= 11 is 0. The molecule has 14 heavy (non-hydrogen) atoms. The van der Waals surface area contributed by atoms with Crippen LogP contribution >= 0.6 is 0 Å². The van der Waals surface area contributed by atoms with Gasteiger partial charge in [0.1, 0.15) is 11.8 Å². The number of aromatic nitrogens is 4. The molecule has 0 unspecified atom stereocenters. The molecule has 0 bridgehead atoms. The van der Waals surface area contributed by atoms with E-state index in [1.807, 2.05) is 6.33 Å². The van der Waals surface area contributed by atoms with E-state index in [0.29, 0.717) is 11.3 Å². The minimum absolute atomic E-state index is 0.451. The van der Waals surface area contributed by atoms with Gasteiger partial charge in [-0.3, -0.25) is 0 Å². The van der Waals surface area contributed by atoms with Crippen molar-refractivity contribution in [3.05, 3.63) is 12.7 Å². The van der Waals surface area contributed by atoms with Crippen molar-refractivity contribution < 1.29 is 0 Å². The molecule has 74 valence electrons. The zero-order valence-electron chi connectivity index (χ0n) is 8.52. The van der Waals surface area contributed by atoms with E-state index in [1.165, 1.54) is 6.33 Å². The molecule has 6 heteroatoms. The third-order valence-corrected chi connectivity index (χ3v) is 3.86. The van der Waals surface area contributed by atoms with E-state index >= 15 is 0 Å². The zero-order chi connectivity index (χ0) is 10.3. The van der Waals surface area contributed by atoms with Crippen LogP contribution in [-0.2, 0) is 0 Å². The maximum Gasteiger partial charge on any atom is 0.157 e. The SMILES string of the molecule is C[Si](C)(C)n1cnc2c(N)ncnc21. The summed E-state index contributed by atoms with van der Waals surface area (Å²) in [6, 6.07) is 0. The summed E-state index contributed by atoms with van der Waals surface area (Å²) in [4.78, 5) is 12.4. The standard InChI is InChI=1S/C8H13N5Si/c1-14(2,3)13-5-12-6-7(9)10-4-11-8(6)13/h4-5H,1-3H3,(H2,9,10,11). The van der Waals surface area contributed by atoms with Crippen molar-refractivity contribution in [2.45, 2.75) is 19.6 Å². The molecule has 0 saturated heterocycles. The van der Waals surface area contributed by atoms with Crippen molar-refractivity contribution in [2.24, 2.45) is 0 Å². The quantitative estimate of drug-likeness (QED) is 0.711. The van der Waals surface area contributed by atoms with Crippen molar-refractivity contribution in [1.29, 1.82) is 0 Å². The Labute approximate surface area is 83.1 Å². The maximum atomic E-state index is 5.70. The third kappa shape index (κ3) is 1.27. The summed E-state index contributed by atoms with van der Waals surface area (Å²) in [5.74, 6) is 0.451. The van der Waals surface area contributed by atoms with Crippen LogP contribution in [0.5, 0.6) is 0 Å². The lowest BCUT2D eigenvalue weighted by Crippen LogP contribution is -2.31. The normalized spacial score (nSPS) is 12.2. The van der Waals surface area contributed by atoms with Crippen LogP contribution in [0.2, 0.25) is 19.6 Å². The Balaban J connectivity index is 2.76. The fourth-order valence-electron chi connectivity index (χ4n) is 1.34. The second-order valence-electron chi connectivity index (χ2n) is 4.22. The number of nitrogens with two attached hydrogens (primary N) is 1. The first kappa shape index (κ1) is 9.13. The highest BCUT2D eigenvalue weighted by Gasteiger charge is 2.20. The molecule has 0 fully saturated rings. The second kappa shape index (κ2) is 2.78. The second-order valence-corrected chi connectivity index (χ2v) is 9.04. The van der Waals surface area contributed by atoms with Crippen molar-refractivity contribution in [3.8, 4) is 0 Å². The van der Waals surface area contributed by atoms with Gasteiger partial charge >= 0.3 is 0 Å². The van der Waals surface area contributed by atoms with E-state index in [-0.39, 0.29) is 0 Å². The number of fused-ring (bicyclic) bond motifs is 1. The first-order valence-corrected chi connectivity index (χ1v) is 7.89. The summed E-state index contributed by atoms with van der Waals surface area (Å²) in [6.45, 7) is 6.69. The molecule has 0 aromatic carbocycles. The highest BCUT2D eigenvalue weighted by Crippen LogP contribution is 2.18. The summed E-state index contributed by atoms with van der Waals surface area (Å²) in [5, 5.41) is 0. The Hall–Kier alpha value is -1.43. The average molecular weight is 207 g/mol. The molecule has 2 rings (SSSR count). The van der Waals surface area contributed by atoms with Crippen LogP contribution in [0.25, 0.3) is 11.2 Å². The molecule has 0 amide bonds. The van der Waals surface area contributed by atoms with Gasteiger partial charge in [-0.25, -0.2) is 15.0 Å². The predicted molar refractivity (Wildman–Crippen MR) is 58.5 cm³/mol. The van der Waals surface area contributed by atoms with Crippen molar-refractivity contribution in [1.82, 2.24) is 19.2 Å². The van der Waals surface area contributed by atoms with Gasteiger partial charge in [-0.05, 0) is 0 Å². The number of nitrogens with zero attached hydrogens (tertiary/aromatic N) is 4. The Morgan fingerprint density at radius 1 is 1.21 bits per heavy atom. The topological polar surface area (TPSA) is 69.6 Å². The van der Waals surface area contributed by atoms with E-state index in [4.69, 9.17) is 5.73 Å². The van der Waals surface area contributed by atoms with E-state index in [9.17, 15) is 0 Å². The first-order chi connectivity index (χ1) is 6.50. The predicted octanol–water partition coefficient (Wildman–Crippen LogP) is 1.09. The summed E-state index contributed by atoms with van der Waals surface area (Å²) < 4.78 is 2.13. The fourth-order valence-corrected chi connectivity index (χ4v) is 2.55. The largest absolute Gasteiger partial charge is 0.382 e. The molecule has 0 saturated carbocycles. The minimum atomic E-state index is -1.46. The van der Waals surface area contributed by atoms with Crippen molar-refractivity contribution in [3.63, 3.8) is 0 Å². The summed E-state index contributed by atoms with van der Waals surface area (Å²) in [5.41, 5.74) is 7.25. The van der Waals surface area contributed by atoms with E-state index in [1.54, 1.807) is 0 Å². The van der Waals surface area contributed by atoms with Gasteiger partial charge < -0.3 is 9.97 Å². The van der Waals surface area contributed by atoms with Crippen LogP contribution in [0.15, 0.2) is 12.7 Å². The molecule has 0 radical (unpaired) electrons. The molecule has 2 aromatic rings. The van der Waals surface area contributed by atoms with Gasteiger partial charge in [-0.1, -0.05) is 19.6 Å². The molecule has 2 aromatic heterocycles. The molecule has 2 N–H and O–H groups in total. The van der Waals surface area contributed by atoms with Crippen molar-refractivity contribution in [2.75, 3.05) is 5.73 Å². The molecule has 0 aliphatic rings. The monoisotopic (exact) mass is 207 g/mol. The smallest absolute Gasteiger partial charge is 0.157 e. The Morgan fingerprint density at radius 3 is 2.57 bits per heavy atom. The molecule has 2 heterocycles. The lowest BCUT2D eigenvalue weighted by Gasteiger charge is -2.17. The molecular weight excluding hydrogens is 194 g/mol. The molecule has 0 aliphatic carbocycles. The van der Waals surface area contributed by atoms with E-state index in [0.717, 1.165) is 5.65 Å². The number of imidazole rings is 1. The van der Waals surface area contributed by atoms with Gasteiger partial charge in [-0.15, -0.1) is 0 Å². The van der Waals surface area contributed by atoms with Gasteiger partial charge in [0, 0.05) is 0 Å². The van der Waals surface area contributed by atoms with Crippen LogP contribution in [0.3, 0.4) is 0 Å².